The predicted octanol–water partition coefficient (Wildman–Crippen LogP) is 4.86. The highest BCUT2D eigenvalue weighted by atomic mass is 35.5. The number of benzene rings is 2. The van der Waals surface area contributed by atoms with E-state index >= 15 is 0 Å². The minimum atomic E-state index is -0.551. The van der Waals surface area contributed by atoms with Crippen LogP contribution in [0.15, 0.2) is 42.5 Å². The molecule has 3 rings (SSSR count). The van der Waals surface area contributed by atoms with Gasteiger partial charge in [-0.05, 0) is 49.6 Å². The van der Waals surface area contributed by atoms with Crippen molar-refractivity contribution in [2.75, 3.05) is 11.9 Å². The third kappa shape index (κ3) is 4.15. The van der Waals surface area contributed by atoms with Crippen LogP contribution in [0.4, 0.5) is 5.69 Å². The summed E-state index contributed by atoms with van der Waals surface area (Å²) in [5, 5.41) is 4.12. The average molecular weight is 397 g/mol. The predicted molar refractivity (Wildman–Crippen MR) is 111 cm³/mol. The third-order valence-electron chi connectivity index (χ3n) is 4.56. The standard InChI is InChI=1S/C22H21ClN2O3/c1-4-18-21(14(3)16-7-5-6-8-19(16)25-18)22(27)28-12-20(26)24-15-10-9-13(2)17(23)11-15/h5-11H,4,12H2,1-3H3,(H,24,26). The van der Waals surface area contributed by atoms with E-state index in [0.717, 1.165) is 22.0 Å². The van der Waals surface area contributed by atoms with Crippen LogP contribution >= 0.6 is 11.6 Å². The lowest BCUT2D eigenvalue weighted by Crippen LogP contribution is -2.22. The van der Waals surface area contributed by atoms with Crippen LogP contribution < -0.4 is 5.32 Å². The SMILES string of the molecule is CCc1nc2ccccc2c(C)c1C(=O)OCC(=O)Nc1ccc(C)c(Cl)c1. The summed E-state index contributed by atoms with van der Waals surface area (Å²) in [6.45, 7) is 5.29. The summed E-state index contributed by atoms with van der Waals surface area (Å²) in [6.07, 6.45) is 0.587. The van der Waals surface area contributed by atoms with Crippen LogP contribution in [0, 0.1) is 13.8 Å². The van der Waals surface area contributed by atoms with Gasteiger partial charge in [0.1, 0.15) is 0 Å². The summed E-state index contributed by atoms with van der Waals surface area (Å²) < 4.78 is 5.26. The molecule has 144 valence electrons. The topological polar surface area (TPSA) is 68.3 Å². The highest BCUT2D eigenvalue weighted by molar-refractivity contribution is 6.31. The monoisotopic (exact) mass is 396 g/mol. The molecule has 0 atom stereocenters. The number of para-hydroxylation sites is 1. The summed E-state index contributed by atoms with van der Waals surface area (Å²) in [7, 11) is 0. The molecule has 1 amide bonds. The average Bonchev–Trinajstić information content (AvgIpc) is 2.69. The minimum absolute atomic E-state index is 0.389. The number of esters is 1. The molecule has 0 aliphatic carbocycles. The quantitative estimate of drug-likeness (QED) is 0.625. The molecule has 1 aromatic heterocycles. The molecule has 0 fully saturated rings. The van der Waals surface area contributed by atoms with Gasteiger partial charge < -0.3 is 10.1 Å². The molecular weight excluding hydrogens is 376 g/mol. The van der Waals surface area contributed by atoms with Gasteiger partial charge in [0.25, 0.3) is 5.91 Å². The molecule has 0 aliphatic rings. The maximum absolute atomic E-state index is 12.7. The first-order valence-electron chi connectivity index (χ1n) is 9.02. The number of nitrogens with zero attached hydrogens (tertiary/aromatic N) is 1. The van der Waals surface area contributed by atoms with Gasteiger partial charge in [-0.3, -0.25) is 9.78 Å². The van der Waals surface area contributed by atoms with Crippen molar-refractivity contribution in [3.05, 3.63) is 69.9 Å². The Kier molecular flexibility index (Phi) is 5.95. The van der Waals surface area contributed by atoms with Gasteiger partial charge in [0, 0.05) is 16.1 Å². The number of pyridine rings is 1. The number of carbonyl (C=O) groups is 2. The summed E-state index contributed by atoms with van der Waals surface area (Å²) in [5.41, 5.74) is 4.19. The number of aryl methyl sites for hydroxylation is 3. The second-order valence-electron chi connectivity index (χ2n) is 6.52. The van der Waals surface area contributed by atoms with E-state index in [4.69, 9.17) is 16.3 Å². The lowest BCUT2D eigenvalue weighted by molar-refractivity contribution is -0.119. The first-order valence-corrected chi connectivity index (χ1v) is 9.39. The minimum Gasteiger partial charge on any atom is -0.452 e. The first-order chi connectivity index (χ1) is 13.4. The van der Waals surface area contributed by atoms with Crippen molar-refractivity contribution in [3.63, 3.8) is 0 Å². The van der Waals surface area contributed by atoms with Gasteiger partial charge in [-0.2, -0.15) is 0 Å². The molecule has 0 radical (unpaired) electrons. The lowest BCUT2D eigenvalue weighted by atomic mass is 10.0. The number of amides is 1. The lowest BCUT2D eigenvalue weighted by Gasteiger charge is -2.13. The Morgan fingerprint density at radius 2 is 1.89 bits per heavy atom. The Bertz CT molecular complexity index is 1060. The Hall–Kier alpha value is -2.92. The number of nitrogens with one attached hydrogen (secondary N) is 1. The Balaban J connectivity index is 1.75. The fourth-order valence-electron chi connectivity index (χ4n) is 3.04. The van der Waals surface area contributed by atoms with Gasteiger partial charge in [0.05, 0.1) is 16.8 Å². The van der Waals surface area contributed by atoms with Gasteiger partial charge in [-0.1, -0.05) is 42.8 Å². The van der Waals surface area contributed by atoms with Crippen molar-refractivity contribution in [1.82, 2.24) is 4.98 Å². The van der Waals surface area contributed by atoms with Crippen LogP contribution in [-0.2, 0) is 16.0 Å². The number of rotatable bonds is 5. The first kappa shape index (κ1) is 19.8. The van der Waals surface area contributed by atoms with Gasteiger partial charge in [-0.15, -0.1) is 0 Å². The molecule has 0 saturated heterocycles. The van der Waals surface area contributed by atoms with E-state index in [1.165, 1.54) is 0 Å². The van der Waals surface area contributed by atoms with E-state index in [-0.39, 0.29) is 6.61 Å². The maximum Gasteiger partial charge on any atom is 0.340 e. The number of ether oxygens (including phenoxy) is 1. The molecule has 3 aromatic rings. The molecule has 0 unspecified atom stereocenters. The second-order valence-corrected chi connectivity index (χ2v) is 6.92. The Morgan fingerprint density at radius 1 is 1.14 bits per heavy atom. The molecule has 0 spiro atoms. The number of fused-ring (bicyclic) bond motifs is 1. The number of halogens is 1. The van der Waals surface area contributed by atoms with Crippen molar-refractivity contribution in [1.29, 1.82) is 0 Å². The van der Waals surface area contributed by atoms with Crippen molar-refractivity contribution in [3.8, 4) is 0 Å². The number of anilines is 1. The molecule has 5 nitrogen and oxygen atoms in total. The summed E-state index contributed by atoms with van der Waals surface area (Å²) in [5.74, 6) is -0.984. The highest BCUT2D eigenvalue weighted by Crippen LogP contribution is 2.24. The molecule has 2 aromatic carbocycles. The largest absolute Gasteiger partial charge is 0.452 e. The number of aromatic nitrogens is 1. The van der Waals surface area contributed by atoms with Crippen LogP contribution in [0.2, 0.25) is 5.02 Å². The number of hydrogen-bond donors (Lipinski definition) is 1. The zero-order chi connectivity index (χ0) is 20.3. The molecular formula is C22H21ClN2O3. The van der Waals surface area contributed by atoms with Crippen LogP contribution in [0.25, 0.3) is 10.9 Å². The molecule has 0 bridgehead atoms. The Labute approximate surface area is 168 Å². The smallest absolute Gasteiger partial charge is 0.340 e. The fourth-order valence-corrected chi connectivity index (χ4v) is 3.22. The van der Waals surface area contributed by atoms with Crippen molar-refractivity contribution in [2.45, 2.75) is 27.2 Å². The molecule has 0 aliphatic heterocycles. The second kappa shape index (κ2) is 8.40. The fraction of sp³-hybridized carbons (Fsp3) is 0.227. The normalized spacial score (nSPS) is 10.7. The van der Waals surface area contributed by atoms with Crippen LogP contribution in [0.3, 0.4) is 0 Å². The van der Waals surface area contributed by atoms with E-state index in [1.807, 2.05) is 51.1 Å². The number of carbonyl (C=O) groups excluding carboxylic acids is 2. The van der Waals surface area contributed by atoms with E-state index in [0.29, 0.717) is 28.4 Å². The van der Waals surface area contributed by atoms with E-state index < -0.39 is 11.9 Å². The summed E-state index contributed by atoms with van der Waals surface area (Å²) in [4.78, 5) is 29.4. The zero-order valence-electron chi connectivity index (χ0n) is 16.0. The number of hydrogen-bond acceptors (Lipinski definition) is 4. The van der Waals surface area contributed by atoms with Gasteiger partial charge >= 0.3 is 5.97 Å². The van der Waals surface area contributed by atoms with Crippen LogP contribution in [0.1, 0.15) is 34.1 Å². The molecule has 1 heterocycles. The van der Waals surface area contributed by atoms with E-state index in [2.05, 4.69) is 10.3 Å². The summed E-state index contributed by atoms with van der Waals surface area (Å²) in [6, 6.07) is 12.8. The molecule has 6 heteroatoms. The maximum atomic E-state index is 12.7. The Morgan fingerprint density at radius 3 is 2.61 bits per heavy atom. The third-order valence-corrected chi connectivity index (χ3v) is 4.96. The van der Waals surface area contributed by atoms with Crippen LogP contribution in [-0.4, -0.2) is 23.5 Å². The van der Waals surface area contributed by atoms with Crippen molar-refractivity contribution >= 4 is 40.1 Å². The van der Waals surface area contributed by atoms with Crippen molar-refractivity contribution < 1.29 is 14.3 Å². The van der Waals surface area contributed by atoms with Gasteiger partial charge in [-0.25, -0.2) is 4.79 Å². The summed E-state index contributed by atoms with van der Waals surface area (Å²) >= 11 is 6.06. The molecule has 0 saturated carbocycles. The highest BCUT2D eigenvalue weighted by Gasteiger charge is 2.20. The zero-order valence-corrected chi connectivity index (χ0v) is 16.8. The van der Waals surface area contributed by atoms with E-state index in [1.54, 1.807) is 12.1 Å². The van der Waals surface area contributed by atoms with Crippen molar-refractivity contribution in [2.24, 2.45) is 0 Å². The molecule has 28 heavy (non-hydrogen) atoms. The van der Waals surface area contributed by atoms with Gasteiger partial charge in [0.15, 0.2) is 6.61 Å². The van der Waals surface area contributed by atoms with E-state index in [9.17, 15) is 9.59 Å². The van der Waals surface area contributed by atoms with Crippen LogP contribution in [0.5, 0.6) is 0 Å². The van der Waals surface area contributed by atoms with Gasteiger partial charge in [0.2, 0.25) is 0 Å². The molecule has 1 N–H and O–H groups in total.